The minimum Gasteiger partial charge on any atom is -0.487 e. The maximum absolute atomic E-state index is 13.8. The van der Waals surface area contributed by atoms with Crippen LogP contribution in [0, 0.1) is 11.6 Å². The zero-order chi connectivity index (χ0) is 20.7. The Hall–Kier alpha value is -2.89. The van der Waals surface area contributed by atoms with Gasteiger partial charge in [-0.25, -0.2) is 8.78 Å². The molecular weight excluding hydrogens is 388 g/mol. The lowest BCUT2D eigenvalue weighted by atomic mass is 10.0. The molecule has 156 valence electrons. The Bertz CT molecular complexity index is 1100. The second kappa shape index (κ2) is 7.74. The molecule has 5 rings (SSSR count). The van der Waals surface area contributed by atoms with Crippen molar-refractivity contribution in [2.75, 3.05) is 13.1 Å². The van der Waals surface area contributed by atoms with Crippen LogP contribution >= 0.6 is 0 Å². The molecule has 2 aliphatic rings. The van der Waals surface area contributed by atoms with Crippen molar-refractivity contribution >= 4 is 16.9 Å². The zero-order valence-corrected chi connectivity index (χ0v) is 16.6. The van der Waals surface area contributed by atoms with Crippen molar-refractivity contribution < 1.29 is 22.7 Å². The third-order valence-corrected chi connectivity index (χ3v) is 6.19. The van der Waals surface area contributed by atoms with E-state index in [2.05, 4.69) is 12.1 Å². The van der Waals surface area contributed by atoms with Gasteiger partial charge in [-0.1, -0.05) is 0 Å². The number of rotatable bonds is 4. The van der Waals surface area contributed by atoms with Gasteiger partial charge in [0.1, 0.15) is 17.5 Å². The summed E-state index contributed by atoms with van der Waals surface area (Å²) in [5.74, 6) is -1.22. The molecule has 2 heterocycles. The van der Waals surface area contributed by atoms with Crippen LogP contribution in [0.15, 0.2) is 41.0 Å². The van der Waals surface area contributed by atoms with Crippen molar-refractivity contribution in [3.8, 4) is 5.75 Å². The van der Waals surface area contributed by atoms with Gasteiger partial charge in [-0.15, -0.1) is 0 Å². The number of fused-ring (bicyclic) bond motifs is 2. The molecule has 0 N–H and O–H groups in total. The number of ether oxygens (including phenoxy) is 1. The number of halogens is 2. The molecule has 0 saturated carbocycles. The van der Waals surface area contributed by atoms with Crippen LogP contribution < -0.4 is 4.74 Å². The van der Waals surface area contributed by atoms with Crippen LogP contribution in [0.5, 0.6) is 5.75 Å². The second-order valence-electron chi connectivity index (χ2n) is 8.18. The Morgan fingerprint density at radius 1 is 1.10 bits per heavy atom. The lowest BCUT2D eigenvalue weighted by molar-refractivity contribution is -0.132. The maximum atomic E-state index is 13.8. The summed E-state index contributed by atoms with van der Waals surface area (Å²) in [5, 5.41) is 1.04. The summed E-state index contributed by atoms with van der Waals surface area (Å²) in [6.45, 7) is 1.11. The summed E-state index contributed by atoms with van der Waals surface area (Å²) >= 11 is 0. The fourth-order valence-electron chi connectivity index (χ4n) is 4.53. The number of hydrogen-bond donors (Lipinski definition) is 0. The highest BCUT2D eigenvalue weighted by molar-refractivity contribution is 5.88. The van der Waals surface area contributed by atoms with Gasteiger partial charge in [0.15, 0.2) is 11.6 Å². The van der Waals surface area contributed by atoms with Gasteiger partial charge in [-0.05, 0) is 54.7 Å². The molecular formula is C24H23F2NO3. The fraction of sp³-hybridized carbons (Fsp3) is 0.375. The van der Waals surface area contributed by atoms with E-state index in [1.807, 2.05) is 4.90 Å². The van der Waals surface area contributed by atoms with Crippen molar-refractivity contribution in [2.45, 2.75) is 44.6 Å². The molecule has 0 unspecified atom stereocenters. The summed E-state index contributed by atoms with van der Waals surface area (Å²) in [6, 6.07) is 7.60. The second-order valence-corrected chi connectivity index (χ2v) is 8.18. The number of likely N-dealkylation sites (tertiary alicyclic amines) is 1. The van der Waals surface area contributed by atoms with Crippen molar-refractivity contribution in [3.05, 3.63) is 64.9 Å². The first-order chi connectivity index (χ1) is 14.6. The molecule has 0 spiro atoms. The number of amides is 1. The SMILES string of the molecule is O=C(Cc1coc2cc3c(cc12)CCC3)N1CCC(Oc2ccc(F)cc2F)CC1. The maximum Gasteiger partial charge on any atom is 0.227 e. The number of aryl methyl sites for hydroxylation is 2. The number of carbonyl (C=O) groups excluding carboxylic acids is 1. The van der Waals surface area contributed by atoms with E-state index in [9.17, 15) is 13.6 Å². The quantitative estimate of drug-likeness (QED) is 0.619. The normalized spacial score (nSPS) is 16.8. The van der Waals surface area contributed by atoms with Gasteiger partial charge >= 0.3 is 0 Å². The van der Waals surface area contributed by atoms with E-state index >= 15 is 0 Å². The molecule has 1 amide bonds. The number of hydrogen-bond acceptors (Lipinski definition) is 3. The molecule has 1 aromatic heterocycles. The van der Waals surface area contributed by atoms with Crippen LogP contribution in [0.1, 0.15) is 36.0 Å². The Morgan fingerprint density at radius 2 is 1.87 bits per heavy atom. The third kappa shape index (κ3) is 3.66. The molecule has 6 heteroatoms. The lowest BCUT2D eigenvalue weighted by Gasteiger charge is -2.32. The number of nitrogens with zero attached hydrogens (tertiary/aromatic N) is 1. The minimum atomic E-state index is -0.702. The molecule has 30 heavy (non-hydrogen) atoms. The van der Waals surface area contributed by atoms with Crippen molar-refractivity contribution in [3.63, 3.8) is 0 Å². The third-order valence-electron chi connectivity index (χ3n) is 6.19. The van der Waals surface area contributed by atoms with E-state index in [1.165, 1.54) is 29.7 Å². The Balaban J connectivity index is 1.21. The van der Waals surface area contributed by atoms with Gasteiger partial charge in [0.2, 0.25) is 5.91 Å². The zero-order valence-electron chi connectivity index (χ0n) is 16.6. The van der Waals surface area contributed by atoms with Crippen LogP contribution in [0.3, 0.4) is 0 Å². The standard InChI is InChI=1S/C24H23F2NO3/c25-18-4-5-22(21(26)13-18)30-19-6-8-27(9-7-19)24(28)12-17-14-29-23-11-16-3-1-2-15(16)10-20(17)23/h4-5,10-11,13-14,19H,1-3,6-9,12H2. The molecule has 1 aliphatic carbocycles. The Morgan fingerprint density at radius 3 is 2.63 bits per heavy atom. The van der Waals surface area contributed by atoms with Crippen molar-refractivity contribution in [1.82, 2.24) is 4.90 Å². The van der Waals surface area contributed by atoms with Crippen molar-refractivity contribution in [2.24, 2.45) is 0 Å². The molecule has 0 atom stereocenters. The van der Waals surface area contributed by atoms with Crippen molar-refractivity contribution in [1.29, 1.82) is 0 Å². The van der Waals surface area contributed by atoms with Gasteiger partial charge < -0.3 is 14.1 Å². The fourth-order valence-corrected chi connectivity index (χ4v) is 4.53. The molecule has 0 bridgehead atoms. The summed E-state index contributed by atoms with van der Waals surface area (Å²) in [5.41, 5.74) is 4.50. The molecule has 3 aromatic rings. The summed E-state index contributed by atoms with van der Waals surface area (Å²) < 4.78 is 38.2. The molecule has 4 nitrogen and oxygen atoms in total. The van der Waals surface area contributed by atoms with E-state index in [1.54, 1.807) is 6.26 Å². The Labute approximate surface area is 173 Å². The van der Waals surface area contributed by atoms with E-state index < -0.39 is 11.6 Å². The highest BCUT2D eigenvalue weighted by Gasteiger charge is 2.26. The number of furan rings is 1. The number of carbonyl (C=O) groups is 1. The first-order valence-corrected chi connectivity index (χ1v) is 10.5. The highest BCUT2D eigenvalue weighted by atomic mass is 19.1. The molecule has 2 aromatic carbocycles. The van der Waals surface area contributed by atoms with E-state index in [0.29, 0.717) is 32.4 Å². The highest BCUT2D eigenvalue weighted by Crippen LogP contribution is 2.31. The van der Waals surface area contributed by atoms with Crippen LogP contribution in [0.4, 0.5) is 8.78 Å². The number of piperidine rings is 1. The predicted octanol–water partition coefficient (Wildman–Crippen LogP) is 4.81. The molecule has 1 fully saturated rings. The minimum absolute atomic E-state index is 0.0542. The van der Waals surface area contributed by atoms with E-state index in [-0.39, 0.29) is 17.8 Å². The smallest absolute Gasteiger partial charge is 0.227 e. The molecule has 0 radical (unpaired) electrons. The van der Waals surface area contributed by atoms with Crippen LogP contribution in [-0.2, 0) is 24.1 Å². The van der Waals surface area contributed by atoms with E-state index in [4.69, 9.17) is 9.15 Å². The van der Waals surface area contributed by atoms with Gasteiger partial charge in [0, 0.05) is 42.9 Å². The monoisotopic (exact) mass is 411 g/mol. The topological polar surface area (TPSA) is 42.7 Å². The first-order valence-electron chi connectivity index (χ1n) is 10.5. The van der Waals surface area contributed by atoms with Crippen LogP contribution in [-0.4, -0.2) is 30.0 Å². The van der Waals surface area contributed by atoms with Gasteiger partial charge in [0.25, 0.3) is 0 Å². The largest absolute Gasteiger partial charge is 0.487 e. The summed E-state index contributed by atoms with van der Waals surface area (Å²) in [4.78, 5) is 14.7. The number of benzene rings is 2. The first kappa shape index (κ1) is 19.1. The Kier molecular flexibility index (Phi) is 4.93. The molecule has 1 saturated heterocycles. The van der Waals surface area contributed by atoms with Crippen LogP contribution in [0.25, 0.3) is 11.0 Å². The summed E-state index contributed by atoms with van der Waals surface area (Å²) in [6.07, 6.45) is 6.41. The average Bonchev–Trinajstić information content (AvgIpc) is 3.35. The summed E-state index contributed by atoms with van der Waals surface area (Å²) in [7, 11) is 0. The van der Waals surface area contributed by atoms with E-state index in [0.717, 1.165) is 35.4 Å². The van der Waals surface area contributed by atoms with Crippen LogP contribution in [0.2, 0.25) is 0 Å². The van der Waals surface area contributed by atoms with Gasteiger partial charge in [-0.2, -0.15) is 0 Å². The molecule has 1 aliphatic heterocycles. The van der Waals surface area contributed by atoms with Gasteiger partial charge in [0.05, 0.1) is 12.7 Å². The van der Waals surface area contributed by atoms with Gasteiger partial charge in [-0.3, -0.25) is 4.79 Å². The lowest BCUT2D eigenvalue weighted by Crippen LogP contribution is -2.42. The predicted molar refractivity (Wildman–Crippen MR) is 109 cm³/mol. The average molecular weight is 411 g/mol.